The van der Waals surface area contributed by atoms with E-state index in [0.29, 0.717) is 47.8 Å². The van der Waals surface area contributed by atoms with Gasteiger partial charge in [0, 0.05) is 6.04 Å². The summed E-state index contributed by atoms with van der Waals surface area (Å²) in [6.45, 7) is -0.813. The first-order valence-electron chi connectivity index (χ1n) is 12.7. The Kier molecular flexibility index (Phi) is 8.69. The van der Waals surface area contributed by atoms with Gasteiger partial charge in [-0.15, -0.1) is 0 Å². The van der Waals surface area contributed by atoms with Crippen LogP contribution in [0.3, 0.4) is 0 Å². The Labute approximate surface area is 242 Å². The number of carbonyl (C=O) groups excluding carboxylic acids is 1. The lowest BCUT2D eigenvalue weighted by molar-refractivity contribution is -0.0142. The second-order valence-corrected chi connectivity index (χ2v) is 9.53. The second kappa shape index (κ2) is 12.7. The van der Waals surface area contributed by atoms with Crippen LogP contribution >= 0.6 is 11.6 Å². The number of hydrogen-bond acceptors (Lipinski definition) is 12. The van der Waals surface area contributed by atoms with E-state index < -0.39 is 19.1 Å². The maximum Gasteiger partial charge on any atom is 0.414 e. The Morgan fingerprint density at radius 3 is 2.60 bits per heavy atom. The molecular weight excluding hydrogens is 575 g/mol. The van der Waals surface area contributed by atoms with Crippen LogP contribution < -0.4 is 14.4 Å². The molecule has 0 saturated heterocycles. The van der Waals surface area contributed by atoms with E-state index in [-0.39, 0.29) is 35.4 Å². The summed E-state index contributed by atoms with van der Waals surface area (Å²) >= 11 is 6.16. The molecule has 0 spiro atoms. The van der Waals surface area contributed by atoms with Crippen molar-refractivity contribution in [3.8, 4) is 35.2 Å². The Balaban J connectivity index is 1.30. The number of aromatic amines is 1. The number of amides is 1. The number of rotatable bonds is 9. The van der Waals surface area contributed by atoms with Gasteiger partial charge >= 0.3 is 18.1 Å². The van der Waals surface area contributed by atoms with Crippen molar-refractivity contribution in [2.24, 2.45) is 0 Å². The molecule has 5 rings (SSSR count). The zero-order valence-corrected chi connectivity index (χ0v) is 22.8. The van der Waals surface area contributed by atoms with Crippen LogP contribution in [0.2, 0.25) is 5.02 Å². The first kappa shape index (κ1) is 28.6. The highest BCUT2D eigenvalue weighted by atomic mass is 35.5. The summed E-state index contributed by atoms with van der Waals surface area (Å²) in [6, 6.07) is 1.93. The molecule has 1 aliphatic carbocycles. The summed E-state index contributed by atoms with van der Waals surface area (Å²) < 4.78 is 30.5. The van der Waals surface area contributed by atoms with Gasteiger partial charge < -0.3 is 19.3 Å². The van der Waals surface area contributed by atoms with Gasteiger partial charge in [0.15, 0.2) is 0 Å². The second-order valence-electron chi connectivity index (χ2n) is 9.12. The molecule has 1 aliphatic rings. The minimum Gasteiger partial charge on any atom is -0.467 e. The number of anilines is 1. The molecule has 0 bridgehead atoms. The van der Waals surface area contributed by atoms with Crippen molar-refractivity contribution in [2.75, 3.05) is 18.6 Å². The molecule has 0 aliphatic heterocycles. The average Bonchev–Trinajstić information content (AvgIpc) is 3.66. The van der Waals surface area contributed by atoms with Crippen LogP contribution in [0.1, 0.15) is 31.2 Å². The minimum absolute atomic E-state index is 0.0642. The molecule has 1 fully saturated rings. The first-order chi connectivity index (χ1) is 20.4. The molecule has 17 heteroatoms. The Bertz CT molecular complexity index is 1570. The molecule has 4 aromatic rings. The van der Waals surface area contributed by atoms with Crippen molar-refractivity contribution < 1.29 is 28.5 Å². The van der Waals surface area contributed by atoms with Gasteiger partial charge in [-0.3, -0.25) is 10.00 Å². The number of carbonyl (C=O) groups is 1. The van der Waals surface area contributed by atoms with E-state index in [1.807, 2.05) is 6.07 Å². The molecule has 1 atom stereocenters. The van der Waals surface area contributed by atoms with Crippen molar-refractivity contribution in [1.82, 2.24) is 39.9 Å². The number of ether oxygens (including phenoxy) is 3. The third-order valence-corrected chi connectivity index (χ3v) is 6.73. The zero-order chi connectivity index (χ0) is 29.6. The summed E-state index contributed by atoms with van der Waals surface area (Å²) in [5.41, 5.74) is 1.75. The summed E-state index contributed by atoms with van der Waals surface area (Å²) in [5, 5.41) is 29.6. The van der Waals surface area contributed by atoms with E-state index in [2.05, 4.69) is 35.2 Å². The molecule has 0 aromatic carbocycles. The smallest absolute Gasteiger partial charge is 0.414 e. The maximum atomic E-state index is 13.1. The van der Waals surface area contributed by atoms with Crippen LogP contribution in [-0.2, 0) is 4.74 Å². The van der Waals surface area contributed by atoms with Crippen molar-refractivity contribution in [3.05, 3.63) is 47.8 Å². The number of halogens is 2. The number of nitrogens with one attached hydrogen (secondary N) is 1. The van der Waals surface area contributed by atoms with Gasteiger partial charge in [0.25, 0.3) is 0 Å². The molecule has 2 N–H and O–H groups in total. The molecule has 1 saturated carbocycles. The Hall–Kier alpha value is -4.88. The third kappa shape index (κ3) is 6.37. The highest BCUT2D eigenvalue weighted by molar-refractivity contribution is 6.32. The molecule has 4 aromatic heterocycles. The normalized spacial score (nSPS) is 17.2. The molecule has 0 radical (unpaired) electrons. The monoisotopic (exact) mass is 598 g/mol. The molecule has 218 valence electrons. The van der Waals surface area contributed by atoms with Crippen LogP contribution in [0.15, 0.2) is 37.2 Å². The maximum absolute atomic E-state index is 13.1. The minimum atomic E-state index is -2.31. The van der Waals surface area contributed by atoms with Crippen molar-refractivity contribution in [1.29, 1.82) is 5.26 Å². The lowest BCUT2D eigenvalue weighted by Crippen LogP contribution is -2.44. The summed E-state index contributed by atoms with van der Waals surface area (Å²) in [6.07, 6.45) is 7.40. The first-order valence-corrected chi connectivity index (χ1v) is 13.1. The number of methoxy groups -OCH3 is 1. The lowest BCUT2D eigenvalue weighted by Gasteiger charge is -2.35. The number of hydrogen-bond donors (Lipinski definition) is 2. The fourth-order valence-corrected chi connectivity index (χ4v) is 4.67. The van der Waals surface area contributed by atoms with Crippen molar-refractivity contribution in [2.45, 2.75) is 44.2 Å². The van der Waals surface area contributed by atoms with Gasteiger partial charge in [0.2, 0.25) is 6.36 Å². The van der Waals surface area contributed by atoms with Gasteiger partial charge in [0.05, 0.1) is 60.6 Å². The van der Waals surface area contributed by atoms with Gasteiger partial charge in [-0.1, -0.05) is 11.6 Å². The fraction of sp³-hybridized carbons (Fsp3) is 0.360. The molecule has 1 unspecified atom stereocenters. The number of alkyl halides is 1. The number of aliphatic hydroxyl groups excluding tert-OH is 1. The van der Waals surface area contributed by atoms with Crippen LogP contribution in [0.25, 0.3) is 17.1 Å². The average molecular weight is 599 g/mol. The number of nitriles is 1. The highest BCUT2D eigenvalue weighted by Crippen LogP contribution is 2.32. The van der Waals surface area contributed by atoms with E-state index >= 15 is 0 Å². The van der Waals surface area contributed by atoms with Crippen LogP contribution in [0, 0.1) is 11.3 Å². The van der Waals surface area contributed by atoms with E-state index in [0.717, 1.165) is 0 Å². The van der Waals surface area contributed by atoms with Gasteiger partial charge in [-0.25, -0.2) is 28.8 Å². The number of nitrogens with zero attached hydrogens (tertiary/aromatic N) is 9. The largest absolute Gasteiger partial charge is 0.467 e. The van der Waals surface area contributed by atoms with Crippen molar-refractivity contribution in [3.63, 3.8) is 0 Å². The predicted octanol–water partition coefficient (Wildman–Crippen LogP) is 3.00. The fourth-order valence-electron chi connectivity index (χ4n) is 4.49. The molecule has 42 heavy (non-hydrogen) atoms. The number of aliphatic hydroxyl groups is 1. The highest BCUT2D eigenvalue weighted by Gasteiger charge is 2.33. The topological polar surface area (TPSA) is 190 Å². The summed E-state index contributed by atoms with van der Waals surface area (Å²) in [4.78, 5) is 31.1. The van der Waals surface area contributed by atoms with Gasteiger partial charge in [-0.2, -0.15) is 20.4 Å². The number of aromatic nitrogens is 8. The van der Waals surface area contributed by atoms with Crippen molar-refractivity contribution >= 4 is 23.4 Å². The summed E-state index contributed by atoms with van der Waals surface area (Å²) in [7, 11) is 1.45. The standard InChI is InChI=1S/C25H24ClFN10O5/c1-40-23-30-8-16(9-31-23)36-12-17(10-33-36)37(25(39)41-13-20(27)38)15-2-4-18(5-3-15)42-24-29-7-14(6-28)21(34-24)22-19(26)11-32-35-22/h7-12,15,18,20,38H,2-5,13H2,1H3,(H,32,35). The molecule has 1 amide bonds. The van der Waals surface area contributed by atoms with Gasteiger partial charge in [-0.05, 0) is 25.7 Å². The number of H-pyrrole nitrogens is 1. The molecule has 4 heterocycles. The lowest BCUT2D eigenvalue weighted by atomic mass is 9.92. The quantitative estimate of drug-likeness (QED) is 0.287. The zero-order valence-electron chi connectivity index (χ0n) is 22.1. The summed E-state index contributed by atoms with van der Waals surface area (Å²) in [5.74, 6) is 0. The predicted molar refractivity (Wildman–Crippen MR) is 143 cm³/mol. The van der Waals surface area contributed by atoms with E-state index in [1.165, 1.54) is 47.7 Å². The SMILES string of the molecule is COc1ncc(-n2cc(N(C(=O)OCC(O)F)C3CCC(Oc4ncc(C#N)c(-c5[nH]ncc5Cl)n4)CC3)cn2)cn1. The van der Waals surface area contributed by atoms with Crippen LogP contribution in [0.4, 0.5) is 14.9 Å². The van der Waals surface area contributed by atoms with Crippen LogP contribution in [0.5, 0.6) is 12.0 Å². The Morgan fingerprint density at radius 2 is 1.95 bits per heavy atom. The third-order valence-electron chi connectivity index (χ3n) is 6.45. The van der Waals surface area contributed by atoms with E-state index in [9.17, 15) is 14.4 Å². The molecule has 15 nitrogen and oxygen atoms in total. The van der Waals surface area contributed by atoms with Gasteiger partial charge in [0.1, 0.15) is 35.9 Å². The molecular formula is C25H24ClFN10O5. The van der Waals surface area contributed by atoms with Crippen LogP contribution in [-0.4, -0.2) is 83.3 Å². The van der Waals surface area contributed by atoms with E-state index in [4.69, 9.17) is 30.9 Å². The van der Waals surface area contributed by atoms with E-state index in [1.54, 1.807) is 6.20 Å². The Morgan fingerprint density at radius 1 is 1.21 bits per heavy atom.